The SMILES string of the molecule is Fc1cc(F)cc(NCc2ccc(Cl)c(F)c2)c1. The van der Waals surface area contributed by atoms with Crippen molar-refractivity contribution < 1.29 is 13.2 Å². The van der Waals surface area contributed by atoms with Gasteiger partial charge in [-0.2, -0.15) is 0 Å². The Kier molecular flexibility index (Phi) is 3.77. The van der Waals surface area contributed by atoms with Crippen LogP contribution in [0.2, 0.25) is 5.02 Å². The maximum absolute atomic E-state index is 13.2. The molecule has 0 fully saturated rings. The largest absolute Gasteiger partial charge is 0.381 e. The average molecular weight is 272 g/mol. The van der Waals surface area contributed by atoms with Gasteiger partial charge in [0.25, 0.3) is 0 Å². The van der Waals surface area contributed by atoms with Gasteiger partial charge in [0.2, 0.25) is 0 Å². The monoisotopic (exact) mass is 271 g/mol. The molecule has 0 radical (unpaired) electrons. The van der Waals surface area contributed by atoms with Crippen molar-refractivity contribution in [1.82, 2.24) is 0 Å². The Bertz CT molecular complexity index is 552. The molecule has 0 saturated heterocycles. The zero-order valence-corrected chi connectivity index (χ0v) is 9.94. The van der Waals surface area contributed by atoms with Gasteiger partial charge in [0.05, 0.1) is 5.02 Å². The summed E-state index contributed by atoms with van der Waals surface area (Å²) in [6.45, 7) is 0.247. The summed E-state index contributed by atoms with van der Waals surface area (Å²) in [5.41, 5.74) is 0.921. The summed E-state index contributed by atoms with van der Waals surface area (Å²) < 4.78 is 39.0. The zero-order valence-electron chi connectivity index (χ0n) is 9.18. The first-order valence-corrected chi connectivity index (χ1v) is 5.56. The molecule has 0 spiro atoms. The standard InChI is InChI=1S/C13H9ClF3N/c14-12-2-1-8(3-13(12)17)7-18-11-5-9(15)4-10(16)6-11/h1-6,18H,7H2. The predicted molar refractivity (Wildman–Crippen MR) is 65.1 cm³/mol. The highest BCUT2D eigenvalue weighted by molar-refractivity contribution is 6.30. The Labute approximate surface area is 107 Å². The molecular weight excluding hydrogens is 263 g/mol. The van der Waals surface area contributed by atoms with Gasteiger partial charge < -0.3 is 5.32 Å². The van der Waals surface area contributed by atoms with Crippen LogP contribution in [-0.4, -0.2) is 0 Å². The van der Waals surface area contributed by atoms with Gasteiger partial charge in [0.15, 0.2) is 0 Å². The van der Waals surface area contributed by atoms with E-state index in [2.05, 4.69) is 5.32 Å². The van der Waals surface area contributed by atoms with Crippen LogP contribution in [0.5, 0.6) is 0 Å². The molecule has 2 aromatic carbocycles. The van der Waals surface area contributed by atoms with E-state index < -0.39 is 17.5 Å². The van der Waals surface area contributed by atoms with Crippen molar-refractivity contribution in [3.8, 4) is 0 Å². The average Bonchev–Trinajstić information content (AvgIpc) is 2.29. The molecule has 0 aliphatic rings. The first-order valence-electron chi connectivity index (χ1n) is 5.18. The predicted octanol–water partition coefficient (Wildman–Crippen LogP) is 4.37. The molecule has 0 unspecified atom stereocenters. The number of rotatable bonds is 3. The van der Waals surface area contributed by atoms with Crippen molar-refractivity contribution in [2.45, 2.75) is 6.54 Å². The van der Waals surface area contributed by atoms with Gasteiger partial charge in [-0.15, -0.1) is 0 Å². The lowest BCUT2D eigenvalue weighted by Gasteiger charge is -2.07. The summed E-state index contributed by atoms with van der Waals surface area (Å²) in [5.74, 6) is -1.86. The van der Waals surface area contributed by atoms with Crippen molar-refractivity contribution in [3.63, 3.8) is 0 Å². The van der Waals surface area contributed by atoms with Crippen LogP contribution in [0.25, 0.3) is 0 Å². The van der Waals surface area contributed by atoms with Crippen LogP contribution in [0.3, 0.4) is 0 Å². The molecule has 0 saturated carbocycles. The second-order valence-electron chi connectivity index (χ2n) is 3.76. The molecule has 0 aliphatic carbocycles. The maximum Gasteiger partial charge on any atom is 0.142 e. The molecule has 1 nitrogen and oxygen atoms in total. The Morgan fingerprint density at radius 2 is 1.61 bits per heavy atom. The van der Waals surface area contributed by atoms with Gasteiger partial charge in [-0.05, 0) is 29.8 Å². The fourth-order valence-corrected chi connectivity index (χ4v) is 1.63. The van der Waals surface area contributed by atoms with Crippen molar-refractivity contribution in [1.29, 1.82) is 0 Å². The van der Waals surface area contributed by atoms with E-state index in [1.807, 2.05) is 0 Å². The van der Waals surface area contributed by atoms with Crippen molar-refractivity contribution in [2.75, 3.05) is 5.32 Å². The smallest absolute Gasteiger partial charge is 0.142 e. The minimum atomic E-state index is -0.667. The molecule has 0 aromatic heterocycles. The Balaban J connectivity index is 2.08. The van der Waals surface area contributed by atoms with Crippen LogP contribution >= 0.6 is 11.6 Å². The summed E-state index contributed by atoms with van der Waals surface area (Å²) in [6, 6.07) is 7.44. The topological polar surface area (TPSA) is 12.0 Å². The normalized spacial score (nSPS) is 10.4. The summed E-state index contributed by atoms with van der Waals surface area (Å²) in [7, 11) is 0. The van der Waals surface area contributed by atoms with Crippen LogP contribution in [0.1, 0.15) is 5.56 Å². The number of benzene rings is 2. The maximum atomic E-state index is 13.2. The summed E-state index contributed by atoms with van der Waals surface area (Å²) in [4.78, 5) is 0. The third kappa shape index (κ3) is 3.17. The van der Waals surface area contributed by atoms with E-state index in [-0.39, 0.29) is 11.6 Å². The molecule has 0 bridgehead atoms. The van der Waals surface area contributed by atoms with Gasteiger partial charge in [-0.25, -0.2) is 13.2 Å². The molecule has 0 aliphatic heterocycles. The molecule has 18 heavy (non-hydrogen) atoms. The van der Waals surface area contributed by atoms with Gasteiger partial charge in [-0.1, -0.05) is 17.7 Å². The number of nitrogens with one attached hydrogen (secondary N) is 1. The van der Waals surface area contributed by atoms with E-state index >= 15 is 0 Å². The molecule has 0 heterocycles. The number of hydrogen-bond donors (Lipinski definition) is 1. The van der Waals surface area contributed by atoms with Gasteiger partial charge >= 0.3 is 0 Å². The van der Waals surface area contributed by atoms with Gasteiger partial charge in [-0.3, -0.25) is 0 Å². The first-order chi connectivity index (χ1) is 8.54. The Morgan fingerprint density at radius 3 is 2.22 bits per heavy atom. The highest BCUT2D eigenvalue weighted by atomic mass is 35.5. The fourth-order valence-electron chi connectivity index (χ4n) is 1.51. The molecule has 94 valence electrons. The van der Waals surface area contributed by atoms with Crippen molar-refractivity contribution >= 4 is 17.3 Å². The number of anilines is 1. The molecule has 0 atom stereocenters. The second-order valence-corrected chi connectivity index (χ2v) is 4.17. The van der Waals surface area contributed by atoms with E-state index in [0.717, 1.165) is 18.2 Å². The van der Waals surface area contributed by atoms with E-state index in [1.54, 1.807) is 6.07 Å². The van der Waals surface area contributed by atoms with Crippen molar-refractivity contribution in [3.05, 3.63) is 64.4 Å². The summed E-state index contributed by atoms with van der Waals surface area (Å²) in [6.07, 6.45) is 0. The molecule has 0 amide bonds. The summed E-state index contributed by atoms with van der Waals surface area (Å²) in [5, 5.41) is 2.84. The minimum absolute atomic E-state index is 0.0375. The third-order valence-electron chi connectivity index (χ3n) is 2.34. The second kappa shape index (κ2) is 5.31. The zero-order chi connectivity index (χ0) is 13.1. The van der Waals surface area contributed by atoms with Crippen LogP contribution in [-0.2, 0) is 6.54 Å². The Morgan fingerprint density at radius 1 is 0.944 bits per heavy atom. The van der Waals surface area contributed by atoms with Crippen LogP contribution in [0, 0.1) is 17.5 Å². The molecule has 1 N–H and O–H groups in total. The molecular formula is C13H9ClF3N. The van der Waals surface area contributed by atoms with E-state index in [9.17, 15) is 13.2 Å². The van der Waals surface area contributed by atoms with Crippen LogP contribution in [0.4, 0.5) is 18.9 Å². The van der Waals surface area contributed by atoms with Crippen molar-refractivity contribution in [2.24, 2.45) is 0 Å². The highest BCUT2D eigenvalue weighted by Crippen LogP contribution is 2.17. The third-order valence-corrected chi connectivity index (χ3v) is 2.65. The summed E-state index contributed by atoms with van der Waals surface area (Å²) >= 11 is 5.54. The number of halogens is 4. The lowest BCUT2D eigenvalue weighted by atomic mass is 10.2. The molecule has 2 rings (SSSR count). The van der Waals surface area contributed by atoms with Gasteiger partial charge in [0, 0.05) is 18.3 Å². The van der Waals surface area contributed by atoms with Crippen LogP contribution in [0.15, 0.2) is 36.4 Å². The molecule has 2 aromatic rings. The minimum Gasteiger partial charge on any atom is -0.381 e. The molecule has 5 heteroatoms. The number of hydrogen-bond acceptors (Lipinski definition) is 1. The van der Waals surface area contributed by atoms with E-state index in [1.165, 1.54) is 12.1 Å². The highest BCUT2D eigenvalue weighted by Gasteiger charge is 2.03. The Hall–Kier alpha value is -1.68. The van der Waals surface area contributed by atoms with Crippen LogP contribution < -0.4 is 5.32 Å². The van der Waals surface area contributed by atoms with Gasteiger partial charge in [0.1, 0.15) is 17.5 Å². The quantitative estimate of drug-likeness (QED) is 0.874. The van der Waals surface area contributed by atoms with E-state index in [0.29, 0.717) is 11.3 Å². The first kappa shape index (κ1) is 12.8. The lowest BCUT2D eigenvalue weighted by molar-refractivity contribution is 0.584. The lowest BCUT2D eigenvalue weighted by Crippen LogP contribution is -2.00. The van der Waals surface area contributed by atoms with E-state index in [4.69, 9.17) is 11.6 Å². The fraction of sp³-hybridized carbons (Fsp3) is 0.0769.